The molecule has 6 bridgehead atoms. The van der Waals surface area contributed by atoms with Crippen molar-refractivity contribution in [3.05, 3.63) is 462 Å². The van der Waals surface area contributed by atoms with Crippen molar-refractivity contribution in [3.8, 4) is 33.4 Å². The summed E-state index contributed by atoms with van der Waals surface area (Å²) in [5.74, 6) is 0. The van der Waals surface area contributed by atoms with E-state index >= 15 is 0 Å². The fourth-order valence-corrected chi connectivity index (χ4v) is 30.5. The first-order valence-electron chi connectivity index (χ1n) is 52.9. The Morgan fingerprint density at radius 2 is 0.470 bits per heavy atom. The van der Waals surface area contributed by atoms with Gasteiger partial charge in [-0.2, -0.15) is 0 Å². The van der Waals surface area contributed by atoms with Crippen molar-refractivity contribution in [1.29, 1.82) is 0 Å². The quantitative estimate of drug-likeness (QED) is 0.112. The molecule has 11 heteroatoms. The van der Waals surface area contributed by atoms with Gasteiger partial charge in [-0.25, -0.2) is 0 Å². The molecule has 18 aromatic rings. The van der Waals surface area contributed by atoms with Crippen LogP contribution in [0.1, 0.15) is 184 Å². The molecule has 0 saturated carbocycles. The molecule has 0 fully saturated rings. The molecular weight excluding hydrogens is 1880 g/mol. The van der Waals surface area contributed by atoms with Crippen molar-refractivity contribution in [1.82, 2.24) is 0 Å². The molecule has 6 nitrogen and oxygen atoms in total. The number of fused-ring (bicyclic) bond motifs is 6. The van der Waals surface area contributed by atoms with Crippen molar-refractivity contribution >= 4 is 185 Å². The lowest BCUT2D eigenvalue weighted by molar-refractivity contribution is 0.590. The molecule has 2 N–H and O–H groups in total. The Bertz CT molecular complexity index is 7970. The van der Waals surface area contributed by atoms with Crippen molar-refractivity contribution in [2.75, 3.05) is 30.2 Å². The summed E-state index contributed by atoms with van der Waals surface area (Å²) in [7, 11) is -5.38. The van der Waals surface area contributed by atoms with Crippen LogP contribution in [0.15, 0.2) is 413 Å². The van der Waals surface area contributed by atoms with Gasteiger partial charge in [0.2, 0.25) is 0 Å². The average Bonchev–Trinajstić information content (AvgIpc) is 0.661. The van der Waals surface area contributed by atoms with E-state index in [0.717, 1.165) is 56.9 Å². The molecule has 22 rings (SSSR count). The second-order valence-corrected chi connectivity index (χ2v) is 57.3. The normalized spacial score (nSPS) is 15.1. The summed E-state index contributed by atoms with van der Waals surface area (Å²) in [6, 6.07) is 153. The Morgan fingerprint density at radius 3 is 0.805 bits per heavy atom. The minimum atomic E-state index is -2.72. The van der Waals surface area contributed by atoms with Crippen molar-refractivity contribution in [2.45, 2.75) is 196 Å². The molecule has 2 atom stereocenters. The number of halogens is 2. The van der Waals surface area contributed by atoms with Crippen LogP contribution in [0.3, 0.4) is 0 Å². The summed E-state index contributed by atoms with van der Waals surface area (Å²) in [5, 5.41) is 16.9. The van der Waals surface area contributed by atoms with E-state index in [1.165, 1.54) is 144 Å². The van der Waals surface area contributed by atoms with Gasteiger partial charge in [-0.3, -0.25) is 0 Å². The zero-order valence-corrected chi connectivity index (χ0v) is 94.4. The van der Waals surface area contributed by atoms with Crippen molar-refractivity contribution < 1.29 is 0 Å². The Hall–Kier alpha value is -14.2. The van der Waals surface area contributed by atoms with Gasteiger partial charge in [0.05, 0.1) is 32.8 Å². The number of anilines is 16. The van der Waals surface area contributed by atoms with Crippen LogP contribution in [0.5, 0.6) is 0 Å². The van der Waals surface area contributed by atoms with Gasteiger partial charge in [0.1, 0.15) is 16.1 Å². The van der Waals surface area contributed by atoms with Crippen LogP contribution in [0.4, 0.5) is 91.0 Å². The molecule has 149 heavy (non-hydrogen) atoms. The lowest BCUT2D eigenvalue weighted by Gasteiger charge is -2.51. The van der Waals surface area contributed by atoms with Gasteiger partial charge in [-0.15, -0.1) is 0 Å². The van der Waals surface area contributed by atoms with Crippen LogP contribution in [0.2, 0.25) is 23.1 Å². The van der Waals surface area contributed by atoms with E-state index in [1.807, 2.05) is 24.3 Å². The highest BCUT2D eigenvalue weighted by Gasteiger charge is 2.55. The van der Waals surface area contributed by atoms with Gasteiger partial charge in [0.25, 0.3) is 6.71 Å². The highest BCUT2D eigenvalue weighted by atomic mass is 35.5. The Labute approximate surface area is 899 Å². The molecule has 0 aromatic heterocycles. The number of rotatable bonds is 13. The molecule has 0 spiro atoms. The predicted octanol–water partition coefficient (Wildman–Crippen LogP) is 33.8. The second-order valence-electron chi connectivity index (χ2n) is 48.6. The lowest BCUT2D eigenvalue weighted by Crippen LogP contribution is -2.83. The van der Waals surface area contributed by atoms with E-state index < -0.39 is 16.1 Å². The highest BCUT2D eigenvalue weighted by Crippen LogP contribution is 2.52. The Balaban J connectivity index is 0.000000142. The summed E-state index contributed by atoms with van der Waals surface area (Å²) in [6.45, 7) is 54.0. The first kappa shape index (κ1) is 102. The first-order chi connectivity index (χ1) is 70.9. The first-order valence-corrected chi connectivity index (χ1v) is 58.7. The van der Waals surface area contributed by atoms with Gasteiger partial charge in [-0.05, 0) is 293 Å². The minimum Gasteiger partial charge on any atom is -0.354 e. The van der Waals surface area contributed by atoms with Crippen LogP contribution < -0.4 is 77.7 Å². The molecule has 0 radical (unpaired) electrons. The fourth-order valence-electron chi connectivity index (χ4n) is 22.1. The molecule has 4 aliphatic heterocycles. The Kier molecular flexibility index (Phi) is 27.0. The van der Waals surface area contributed by atoms with E-state index in [2.05, 4.69) is 577 Å². The van der Waals surface area contributed by atoms with E-state index in [4.69, 9.17) is 23.2 Å². The average molecular weight is 2020 g/mol. The van der Waals surface area contributed by atoms with Gasteiger partial charge in [-0.1, -0.05) is 459 Å². The maximum absolute atomic E-state index is 7.92. The number of hydrogen-bond donors (Lipinski definition) is 2. The smallest absolute Gasteiger partial charge is 0.251 e. The van der Waals surface area contributed by atoms with E-state index in [9.17, 15) is 0 Å². The number of hydrogen-bond acceptors (Lipinski definition) is 6. The molecule has 746 valence electrons. The van der Waals surface area contributed by atoms with E-state index in [0.29, 0.717) is 10.0 Å². The van der Waals surface area contributed by atoms with Crippen LogP contribution in [0.25, 0.3) is 33.4 Å². The maximum atomic E-state index is 7.92. The molecule has 0 saturated heterocycles. The monoisotopic (exact) mass is 2020 g/mol. The molecule has 0 aliphatic carbocycles. The third-order valence-electron chi connectivity index (χ3n) is 31.1. The van der Waals surface area contributed by atoms with E-state index in [-0.39, 0.29) is 44.6 Å². The topological polar surface area (TPSA) is 37.0 Å². The van der Waals surface area contributed by atoms with Gasteiger partial charge in [0, 0.05) is 68.2 Å². The molecule has 18 aromatic carbocycles. The van der Waals surface area contributed by atoms with Gasteiger partial charge >= 0.3 is 0 Å². The van der Waals surface area contributed by atoms with E-state index in [1.54, 1.807) is 10.4 Å². The lowest BCUT2D eigenvalue weighted by atomic mass is 9.33. The SMILES string of the molecule is CC(C)(C)c1ccc(N2c3cc(C(C)(C)C)cc(c3)[Si](C)(c3ccccc3)c3cc(cc(C(C)(C)C)c3)N(c3ccc(-c4ccccc4)cc3)c3cccc2c3Cl)cc1.CC(C)(C)c1ccc(N2c3cccc4c3B3c5c(cc(C(C)(C)C)cc5[Si](C)(c5ccccc5)c5cc(C(C)(C)C)cc2c53)N4c2ccc(-c3ccccc3)cc2)cc1.CC(C)(C)c1ccc(Nc2cccc(Nc3ccc(-c4ccccc4)cc3)c2Cl)cc1. The van der Waals surface area contributed by atoms with Crippen molar-refractivity contribution in [3.63, 3.8) is 0 Å². The summed E-state index contributed by atoms with van der Waals surface area (Å²) in [4.78, 5) is 10.0. The third-order valence-corrected chi connectivity index (χ3v) is 40.8. The van der Waals surface area contributed by atoms with Crippen LogP contribution in [-0.4, -0.2) is 22.9 Å². The van der Waals surface area contributed by atoms with Crippen LogP contribution in [-0.2, 0) is 37.9 Å². The summed E-state index contributed by atoms with van der Waals surface area (Å²) >= 11 is 14.6. The largest absolute Gasteiger partial charge is 0.354 e. The second kappa shape index (κ2) is 39.4. The molecule has 0 amide bonds. The fraction of sp³-hybridized carbons (Fsp3) is 0.217. The standard InChI is InChI=1S/C55H55BN2Si.C55H57ClN2Si.C28H27ClN2/c1-53(2,3)38-26-30-42(31-27-38)58-45-23-17-22-44-50(45)56-51-46(57(44)41-28-24-37(25-29-41)36-18-13-11-14-19-36)32-39(54(4,5)6)34-48(51)59(10,43-20-15-12-16-21-43)49-35-40(55(7,8)9)33-47(58)52(49)56;1-53(2,3)40-26-30-44(31-27-40)58-46-33-42(55(7,8)9)35-49(37-46)59(10,47-20-15-12-16-21-47)48-34-41(54(4,5)6)32-45(36-48)57(50-22-17-23-51(58)52(50)56)43-28-24-39(25-29-43)38-18-13-11-14-19-38;1-28(2,3)22-14-18-24(19-15-22)31-26-11-7-10-25(27(26)29)30-23-16-12-21(13-17-23)20-8-5-4-6-9-20/h11-35H,1-10H3;11-37H,1-10H3;4-19,30-31H,1-3H3. The molecular formula is C138H139BCl2N6Si2. The molecule has 4 heterocycles. The van der Waals surface area contributed by atoms with Crippen LogP contribution in [0, 0.1) is 0 Å². The summed E-state index contributed by atoms with van der Waals surface area (Å²) in [5.41, 5.74) is 38.4. The van der Waals surface area contributed by atoms with Gasteiger partial charge in [0.15, 0.2) is 0 Å². The van der Waals surface area contributed by atoms with Gasteiger partial charge < -0.3 is 30.2 Å². The van der Waals surface area contributed by atoms with Crippen LogP contribution >= 0.6 is 23.2 Å². The minimum absolute atomic E-state index is 0.0234. The third kappa shape index (κ3) is 19.9. The maximum Gasteiger partial charge on any atom is 0.251 e. The zero-order valence-electron chi connectivity index (χ0n) is 90.9. The number of nitrogens with one attached hydrogen (secondary N) is 2. The summed E-state index contributed by atoms with van der Waals surface area (Å²) in [6.07, 6.45) is 0. The zero-order chi connectivity index (χ0) is 105. The van der Waals surface area contributed by atoms with Crippen molar-refractivity contribution in [2.24, 2.45) is 0 Å². The predicted molar refractivity (Wildman–Crippen MR) is 653 cm³/mol. The highest BCUT2D eigenvalue weighted by molar-refractivity contribution is 7.21. The Morgan fingerprint density at radius 1 is 0.201 bits per heavy atom. The molecule has 2 unspecified atom stereocenters. The number of benzene rings is 18. The molecule has 4 aliphatic rings. The summed E-state index contributed by atoms with van der Waals surface area (Å²) < 4.78 is 0. The number of nitrogens with zero attached hydrogens (tertiary/aromatic N) is 4.